The number of oxazole rings is 1. The zero-order chi connectivity index (χ0) is 12.7. The molecule has 0 saturated carbocycles. The summed E-state index contributed by atoms with van der Waals surface area (Å²) in [5.74, 6) is 0.664. The molecule has 1 aromatic carbocycles. The van der Waals surface area contributed by atoms with E-state index < -0.39 is 5.82 Å². The Balaban J connectivity index is 2.05. The van der Waals surface area contributed by atoms with Gasteiger partial charge in [0.15, 0.2) is 5.58 Å². The third-order valence-corrected chi connectivity index (χ3v) is 3.74. The number of piperidine rings is 1. The molecule has 1 aromatic heterocycles. The van der Waals surface area contributed by atoms with Crippen LogP contribution in [0.2, 0.25) is 5.02 Å². The van der Waals surface area contributed by atoms with Crippen molar-refractivity contribution in [1.29, 1.82) is 0 Å². The van der Waals surface area contributed by atoms with Crippen LogP contribution in [0.4, 0.5) is 4.39 Å². The third kappa shape index (κ3) is 1.99. The standard InChI is InChI=1S/C13H14ClFN2O/c1-7-3-2-4-16-11(7)13-17-10-6-8(15)5-9(14)12(10)18-13/h5-7,11,16H,2-4H2,1H3. The monoisotopic (exact) mass is 268 g/mol. The number of nitrogens with zero attached hydrogens (tertiary/aromatic N) is 1. The number of aromatic nitrogens is 1. The molecule has 0 radical (unpaired) electrons. The van der Waals surface area contributed by atoms with Gasteiger partial charge in [-0.2, -0.15) is 0 Å². The maximum absolute atomic E-state index is 13.2. The summed E-state index contributed by atoms with van der Waals surface area (Å²) in [7, 11) is 0. The number of fused-ring (bicyclic) bond motifs is 1. The van der Waals surface area contributed by atoms with Crippen LogP contribution in [-0.2, 0) is 0 Å². The van der Waals surface area contributed by atoms with Crippen molar-refractivity contribution in [3.05, 3.63) is 28.9 Å². The number of hydrogen-bond acceptors (Lipinski definition) is 3. The fourth-order valence-electron chi connectivity index (χ4n) is 2.49. The topological polar surface area (TPSA) is 38.1 Å². The van der Waals surface area contributed by atoms with Gasteiger partial charge in [-0.3, -0.25) is 0 Å². The van der Waals surface area contributed by atoms with Crippen LogP contribution >= 0.6 is 11.6 Å². The Bertz CT molecular complexity index is 584. The summed E-state index contributed by atoms with van der Waals surface area (Å²) >= 11 is 5.96. The summed E-state index contributed by atoms with van der Waals surface area (Å²) in [4.78, 5) is 4.35. The molecule has 2 unspecified atom stereocenters. The van der Waals surface area contributed by atoms with Gasteiger partial charge in [0.05, 0.1) is 11.1 Å². The summed E-state index contributed by atoms with van der Waals surface area (Å²) in [6.07, 6.45) is 2.30. The first-order chi connectivity index (χ1) is 8.65. The van der Waals surface area contributed by atoms with Crippen LogP contribution in [0.5, 0.6) is 0 Å². The van der Waals surface area contributed by atoms with Crippen LogP contribution in [0.15, 0.2) is 16.5 Å². The molecule has 2 atom stereocenters. The molecular weight excluding hydrogens is 255 g/mol. The largest absolute Gasteiger partial charge is 0.437 e. The highest BCUT2D eigenvalue weighted by molar-refractivity contribution is 6.34. The van der Waals surface area contributed by atoms with Gasteiger partial charge in [-0.15, -0.1) is 0 Å². The van der Waals surface area contributed by atoms with Crippen molar-refractivity contribution in [2.75, 3.05) is 6.54 Å². The van der Waals surface area contributed by atoms with Gasteiger partial charge in [0.1, 0.15) is 11.3 Å². The molecule has 2 heterocycles. The molecule has 1 aliphatic rings. The maximum atomic E-state index is 13.2. The van der Waals surface area contributed by atoms with Gasteiger partial charge in [0, 0.05) is 6.07 Å². The van der Waals surface area contributed by atoms with E-state index in [9.17, 15) is 4.39 Å². The molecule has 0 amide bonds. The number of halogens is 2. The van der Waals surface area contributed by atoms with Crippen LogP contribution in [0.1, 0.15) is 31.7 Å². The molecule has 3 nitrogen and oxygen atoms in total. The lowest BCUT2D eigenvalue weighted by Gasteiger charge is -2.27. The van der Waals surface area contributed by atoms with Crippen molar-refractivity contribution in [2.24, 2.45) is 5.92 Å². The minimum Gasteiger partial charge on any atom is -0.437 e. The Labute approximate surface area is 109 Å². The maximum Gasteiger partial charge on any atom is 0.212 e. The molecule has 3 rings (SSSR count). The highest BCUT2D eigenvalue weighted by Gasteiger charge is 2.27. The lowest BCUT2D eigenvalue weighted by Crippen LogP contribution is -2.32. The normalized spacial score (nSPS) is 24.6. The fraction of sp³-hybridized carbons (Fsp3) is 0.462. The predicted molar refractivity (Wildman–Crippen MR) is 68.1 cm³/mol. The van der Waals surface area contributed by atoms with Gasteiger partial charge >= 0.3 is 0 Å². The second kappa shape index (κ2) is 4.52. The van der Waals surface area contributed by atoms with Gasteiger partial charge in [-0.05, 0) is 31.4 Å². The van der Waals surface area contributed by atoms with Crippen LogP contribution in [-0.4, -0.2) is 11.5 Å². The van der Waals surface area contributed by atoms with Crippen LogP contribution in [0, 0.1) is 11.7 Å². The van der Waals surface area contributed by atoms with Crippen molar-refractivity contribution in [2.45, 2.75) is 25.8 Å². The average Bonchev–Trinajstić information content (AvgIpc) is 2.73. The lowest BCUT2D eigenvalue weighted by atomic mass is 9.93. The van der Waals surface area contributed by atoms with E-state index in [1.165, 1.54) is 12.1 Å². The highest BCUT2D eigenvalue weighted by atomic mass is 35.5. The van der Waals surface area contributed by atoms with Crippen molar-refractivity contribution in [3.8, 4) is 0 Å². The van der Waals surface area contributed by atoms with Gasteiger partial charge in [-0.25, -0.2) is 9.37 Å². The molecule has 0 spiro atoms. The molecular formula is C13H14ClFN2O. The van der Waals surface area contributed by atoms with E-state index in [0.717, 1.165) is 19.4 Å². The highest BCUT2D eigenvalue weighted by Crippen LogP contribution is 2.33. The molecule has 1 saturated heterocycles. The van der Waals surface area contributed by atoms with Crippen molar-refractivity contribution in [3.63, 3.8) is 0 Å². The predicted octanol–water partition coefficient (Wildman–Crippen LogP) is 3.68. The Morgan fingerprint density at radius 3 is 3.11 bits per heavy atom. The zero-order valence-corrected chi connectivity index (χ0v) is 10.8. The molecule has 1 N–H and O–H groups in total. The molecule has 5 heteroatoms. The third-order valence-electron chi connectivity index (χ3n) is 3.46. The summed E-state index contributed by atoms with van der Waals surface area (Å²) in [6, 6.07) is 2.68. The van der Waals surface area contributed by atoms with E-state index >= 15 is 0 Å². The zero-order valence-electron chi connectivity index (χ0n) is 10.0. The number of rotatable bonds is 1. The van der Waals surface area contributed by atoms with Gasteiger partial charge in [-0.1, -0.05) is 18.5 Å². The first kappa shape index (κ1) is 11.9. The second-order valence-corrected chi connectivity index (χ2v) is 5.25. The smallest absolute Gasteiger partial charge is 0.212 e. The van der Waals surface area contributed by atoms with Gasteiger partial charge < -0.3 is 9.73 Å². The number of benzene rings is 1. The van der Waals surface area contributed by atoms with E-state index in [4.69, 9.17) is 16.0 Å². The molecule has 1 aliphatic heterocycles. The van der Waals surface area contributed by atoms with E-state index in [1.807, 2.05) is 0 Å². The van der Waals surface area contributed by atoms with Gasteiger partial charge in [0.2, 0.25) is 5.89 Å². The van der Waals surface area contributed by atoms with Crippen molar-refractivity contribution in [1.82, 2.24) is 10.3 Å². The second-order valence-electron chi connectivity index (χ2n) is 4.84. The molecule has 0 bridgehead atoms. The Hall–Kier alpha value is -1.13. The van der Waals surface area contributed by atoms with Crippen molar-refractivity contribution >= 4 is 22.7 Å². The Kier molecular flexibility index (Phi) is 2.99. The summed E-state index contributed by atoms with van der Waals surface area (Å²) in [5.41, 5.74) is 0.946. The fourth-order valence-corrected chi connectivity index (χ4v) is 2.73. The molecule has 2 aromatic rings. The molecule has 0 aliphatic carbocycles. The SMILES string of the molecule is CC1CCCNC1c1nc2cc(F)cc(Cl)c2o1. The van der Waals surface area contributed by atoms with Crippen LogP contribution < -0.4 is 5.32 Å². The number of nitrogens with one attached hydrogen (secondary N) is 1. The number of hydrogen-bond donors (Lipinski definition) is 1. The van der Waals surface area contributed by atoms with E-state index in [-0.39, 0.29) is 11.1 Å². The summed E-state index contributed by atoms with van der Waals surface area (Å²) < 4.78 is 18.9. The first-order valence-corrected chi connectivity index (χ1v) is 6.52. The molecule has 96 valence electrons. The van der Waals surface area contributed by atoms with E-state index in [1.54, 1.807) is 0 Å². The molecule has 18 heavy (non-hydrogen) atoms. The van der Waals surface area contributed by atoms with Gasteiger partial charge in [0.25, 0.3) is 0 Å². The van der Waals surface area contributed by atoms with E-state index in [0.29, 0.717) is 22.9 Å². The average molecular weight is 269 g/mol. The Morgan fingerprint density at radius 1 is 1.50 bits per heavy atom. The van der Waals surface area contributed by atoms with Crippen molar-refractivity contribution < 1.29 is 8.81 Å². The molecule has 1 fully saturated rings. The van der Waals surface area contributed by atoms with E-state index in [2.05, 4.69) is 17.2 Å². The van der Waals surface area contributed by atoms with Crippen LogP contribution in [0.3, 0.4) is 0 Å². The lowest BCUT2D eigenvalue weighted by molar-refractivity contribution is 0.264. The minimum absolute atomic E-state index is 0.0882. The quantitative estimate of drug-likeness (QED) is 0.857. The Morgan fingerprint density at radius 2 is 2.33 bits per heavy atom. The summed E-state index contributed by atoms with van der Waals surface area (Å²) in [5, 5.41) is 3.66. The van der Waals surface area contributed by atoms with Crippen LogP contribution in [0.25, 0.3) is 11.1 Å². The minimum atomic E-state index is -0.392. The summed E-state index contributed by atoms with van der Waals surface area (Å²) in [6.45, 7) is 3.11. The first-order valence-electron chi connectivity index (χ1n) is 6.14.